The fraction of sp³-hybridized carbons (Fsp3) is 0.133. The molecule has 0 aliphatic rings. The van der Waals surface area contributed by atoms with Crippen LogP contribution in [-0.2, 0) is 0 Å². The summed E-state index contributed by atoms with van der Waals surface area (Å²) < 4.78 is 0. The summed E-state index contributed by atoms with van der Waals surface area (Å²) in [6.45, 7) is 3.47. The summed E-state index contributed by atoms with van der Waals surface area (Å²) in [7, 11) is 0. The number of anilines is 2. The van der Waals surface area contributed by atoms with Crippen LogP contribution < -0.4 is 11.1 Å². The first-order valence-corrected chi connectivity index (χ1v) is 6.27. The van der Waals surface area contributed by atoms with Gasteiger partial charge in [0.15, 0.2) is 0 Å². The van der Waals surface area contributed by atoms with Gasteiger partial charge in [-0.2, -0.15) is 0 Å². The number of nitrogens with two attached hydrogens (primary N) is 1. The minimum atomic E-state index is -1.15. The molecule has 0 unspecified atom stereocenters. The Kier molecular flexibility index (Phi) is 3.89. The van der Waals surface area contributed by atoms with Gasteiger partial charge in [-0.25, -0.2) is 9.78 Å². The number of hydrogen-bond donors (Lipinski definition) is 3. The maximum Gasteiger partial charge on any atom is 0.337 e. The highest BCUT2D eigenvalue weighted by atomic mass is 16.4. The zero-order chi connectivity index (χ0) is 15.6. The molecule has 0 saturated carbocycles. The molecule has 0 spiro atoms. The largest absolute Gasteiger partial charge is 0.478 e. The van der Waals surface area contributed by atoms with Crippen molar-refractivity contribution >= 4 is 23.4 Å². The molecule has 0 saturated heterocycles. The lowest BCUT2D eigenvalue weighted by Gasteiger charge is -2.13. The maximum absolute atomic E-state index is 11.5. The van der Waals surface area contributed by atoms with E-state index in [1.807, 2.05) is 31.2 Å². The predicted octanol–water partition coefficient (Wildman–Crippen LogP) is 2.24. The summed E-state index contributed by atoms with van der Waals surface area (Å²) in [6, 6.07) is 8.72. The number of rotatable bonds is 4. The number of carbonyl (C=O) groups is 2. The molecule has 0 aliphatic carbocycles. The molecule has 2 rings (SSSR count). The van der Waals surface area contributed by atoms with Gasteiger partial charge in [-0.15, -0.1) is 0 Å². The van der Waals surface area contributed by atoms with E-state index in [0.717, 1.165) is 11.3 Å². The molecule has 1 amide bonds. The summed E-state index contributed by atoms with van der Waals surface area (Å²) in [5.41, 5.74) is 7.36. The molecular weight excluding hydrogens is 270 g/mol. The second kappa shape index (κ2) is 5.62. The average molecular weight is 285 g/mol. The third kappa shape index (κ3) is 3.00. The SMILES string of the molecule is Cc1ccccc1Nc1nc(C)c(C(=O)O)cc1C(N)=O. The number of para-hydroxylation sites is 1. The highest BCUT2D eigenvalue weighted by molar-refractivity contribution is 6.01. The van der Waals surface area contributed by atoms with Crippen LogP contribution in [0.4, 0.5) is 11.5 Å². The third-order valence-electron chi connectivity index (χ3n) is 3.11. The van der Waals surface area contributed by atoms with Crippen LogP contribution in [0.3, 0.4) is 0 Å². The lowest BCUT2D eigenvalue weighted by atomic mass is 10.1. The number of primary amides is 1. The van der Waals surface area contributed by atoms with E-state index < -0.39 is 11.9 Å². The number of carboxylic acid groups (broad SMARTS) is 1. The molecule has 1 aromatic heterocycles. The molecule has 0 fully saturated rings. The van der Waals surface area contributed by atoms with Gasteiger partial charge in [-0.3, -0.25) is 4.79 Å². The van der Waals surface area contributed by atoms with Gasteiger partial charge >= 0.3 is 5.97 Å². The summed E-state index contributed by atoms with van der Waals surface area (Å²) in [5, 5.41) is 12.1. The number of hydrogen-bond acceptors (Lipinski definition) is 4. The fourth-order valence-corrected chi connectivity index (χ4v) is 1.95. The van der Waals surface area contributed by atoms with Crippen molar-refractivity contribution in [3.8, 4) is 0 Å². The Balaban J connectivity index is 2.53. The molecule has 0 bridgehead atoms. The number of aryl methyl sites for hydroxylation is 2. The van der Waals surface area contributed by atoms with E-state index in [1.165, 1.54) is 6.07 Å². The van der Waals surface area contributed by atoms with E-state index in [4.69, 9.17) is 10.8 Å². The molecular formula is C15H15N3O3. The molecule has 0 aliphatic heterocycles. The molecule has 0 radical (unpaired) electrons. The van der Waals surface area contributed by atoms with Crippen LogP contribution in [0.1, 0.15) is 32.0 Å². The quantitative estimate of drug-likeness (QED) is 0.799. The lowest BCUT2D eigenvalue weighted by Crippen LogP contribution is -2.17. The second-order valence-electron chi connectivity index (χ2n) is 4.63. The van der Waals surface area contributed by atoms with E-state index in [-0.39, 0.29) is 16.9 Å². The summed E-state index contributed by atoms with van der Waals surface area (Å²) in [6.07, 6.45) is 0. The highest BCUT2D eigenvalue weighted by Gasteiger charge is 2.17. The van der Waals surface area contributed by atoms with Crippen LogP contribution in [0.5, 0.6) is 0 Å². The number of carboxylic acids is 1. The van der Waals surface area contributed by atoms with Crippen molar-refractivity contribution in [1.29, 1.82) is 0 Å². The minimum Gasteiger partial charge on any atom is -0.478 e. The number of aromatic nitrogens is 1. The van der Waals surface area contributed by atoms with E-state index in [1.54, 1.807) is 6.92 Å². The first-order chi connectivity index (χ1) is 9.90. The van der Waals surface area contributed by atoms with Gasteiger partial charge in [0.05, 0.1) is 16.8 Å². The first kappa shape index (κ1) is 14.5. The van der Waals surface area contributed by atoms with Crippen molar-refractivity contribution < 1.29 is 14.7 Å². The number of pyridine rings is 1. The molecule has 2 aromatic rings. The Morgan fingerprint density at radius 2 is 1.86 bits per heavy atom. The molecule has 6 nitrogen and oxygen atoms in total. The number of nitrogens with one attached hydrogen (secondary N) is 1. The maximum atomic E-state index is 11.5. The van der Waals surface area contributed by atoms with Crippen LogP contribution in [0, 0.1) is 13.8 Å². The second-order valence-corrected chi connectivity index (χ2v) is 4.63. The molecule has 1 aromatic carbocycles. The molecule has 4 N–H and O–H groups in total. The van der Waals surface area contributed by atoms with Gasteiger partial charge in [0.1, 0.15) is 5.82 Å². The molecule has 0 atom stereocenters. The van der Waals surface area contributed by atoms with Crippen LogP contribution >= 0.6 is 0 Å². The van der Waals surface area contributed by atoms with Crippen molar-refractivity contribution in [2.45, 2.75) is 13.8 Å². The zero-order valence-electron chi connectivity index (χ0n) is 11.7. The predicted molar refractivity (Wildman–Crippen MR) is 78.9 cm³/mol. The van der Waals surface area contributed by atoms with Crippen LogP contribution in [0.25, 0.3) is 0 Å². The lowest BCUT2D eigenvalue weighted by molar-refractivity contribution is 0.0695. The topological polar surface area (TPSA) is 105 Å². The number of amides is 1. The van der Waals surface area contributed by atoms with Crippen LogP contribution in [-0.4, -0.2) is 22.0 Å². The zero-order valence-corrected chi connectivity index (χ0v) is 11.7. The summed E-state index contributed by atoms with van der Waals surface area (Å²) in [5.74, 6) is -1.63. The van der Waals surface area contributed by atoms with E-state index in [0.29, 0.717) is 5.69 Å². The standard InChI is InChI=1S/C15H15N3O3/c1-8-5-3-4-6-12(8)18-14-11(13(16)19)7-10(15(20)21)9(2)17-14/h3-7H,1-2H3,(H2,16,19)(H,17,18)(H,20,21). The normalized spacial score (nSPS) is 10.2. The summed E-state index contributed by atoms with van der Waals surface area (Å²) >= 11 is 0. The van der Waals surface area contributed by atoms with Gasteiger partial charge < -0.3 is 16.2 Å². The van der Waals surface area contributed by atoms with Crippen LogP contribution in [0.15, 0.2) is 30.3 Å². The van der Waals surface area contributed by atoms with Gasteiger partial charge in [-0.1, -0.05) is 18.2 Å². The third-order valence-corrected chi connectivity index (χ3v) is 3.11. The van der Waals surface area contributed by atoms with Gasteiger partial charge in [0.25, 0.3) is 5.91 Å². The molecule has 1 heterocycles. The molecule has 6 heteroatoms. The fourth-order valence-electron chi connectivity index (χ4n) is 1.95. The highest BCUT2D eigenvalue weighted by Crippen LogP contribution is 2.23. The van der Waals surface area contributed by atoms with E-state index >= 15 is 0 Å². The number of nitrogens with zero attached hydrogens (tertiary/aromatic N) is 1. The number of benzene rings is 1. The van der Waals surface area contributed by atoms with Gasteiger partial charge in [0.2, 0.25) is 0 Å². The Morgan fingerprint density at radius 3 is 2.43 bits per heavy atom. The Bertz CT molecular complexity index is 726. The molecule has 21 heavy (non-hydrogen) atoms. The van der Waals surface area contributed by atoms with Crippen molar-refractivity contribution in [2.24, 2.45) is 5.73 Å². The van der Waals surface area contributed by atoms with E-state index in [2.05, 4.69) is 10.3 Å². The smallest absolute Gasteiger partial charge is 0.337 e. The number of aromatic carboxylic acids is 1. The summed E-state index contributed by atoms with van der Waals surface area (Å²) in [4.78, 5) is 26.8. The Labute approximate surface area is 121 Å². The van der Waals surface area contributed by atoms with Gasteiger partial charge in [0, 0.05) is 5.69 Å². The van der Waals surface area contributed by atoms with E-state index in [9.17, 15) is 9.59 Å². The van der Waals surface area contributed by atoms with Gasteiger partial charge in [-0.05, 0) is 31.5 Å². The van der Waals surface area contributed by atoms with Crippen molar-refractivity contribution in [2.75, 3.05) is 5.32 Å². The van der Waals surface area contributed by atoms with Crippen molar-refractivity contribution in [1.82, 2.24) is 4.98 Å². The number of carbonyl (C=O) groups excluding carboxylic acids is 1. The Hall–Kier alpha value is -2.89. The average Bonchev–Trinajstić information content (AvgIpc) is 2.40. The van der Waals surface area contributed by atoms with Crippen molar-refractivity contribution in [3.05, 3.63) is 52.7 Å². The minimum absolute atomic E-state index is 0.0425. The monoisotopic (exact) mass is 285 g/mol. The first-order valence-electron chi connectivity index (χ1n) is 6.27. The van der Waals surface area contributed by atoms with Crippen molar-refractivity contribution in [3.63, 3.8) is 0 Å². The van der Waals surface area contributed by atoms with Crippen LogP contribution in [0.2, 0.25) is 0 Å². The Morgan fingerprint density at radius 1 is 1.19 bits per heavy atom. The molecule has 108 valence electrons.